The molecule has 0 unspecified atom stereocenters. The van der Waals surface area contributed by atoms with Gasteiger partial charge in [0, 0.05) is 4.92 Å². The lowest BCUT2D eigenvalue weighted by Crippen LogP contribution is -2.18. The molecule has 1 aromatic rings. The molecular weight excluding hydrogens is 250 g/mol. The number of esters is 1. The van der Waals surface area contributed by atoms with Crippen LogP contribution in [0.2, 0.25) is 0 Å². The Balaban J connectivity index is 2.82. The predicted octanol–water partition coefficient (Wildman–Crippen LogP) is 2.01. The molecule has 6 nitrogen and oxygen atoms in total. The van der Waals surface area contributed by atoms with Gasteiger partial charge in [0.05, 0.1) is 26.1 Å². The second kappa shape index (κ2) is 7.35. The van der Waals surface area contributed by atoms with Crippen molar-refractivity contribution in [3.8, 4) is 5.75 Å². The minimum absolute atomic E-state index is 0.00114. The van der Waals surface area contributed by atoms with Crippen molar-refractivity contribution in [2.24, 2.45) is 0 Å². The lowest BCUT2D eigenvalue weighted by atomic mass is 9.96. The Morgan fingerprint density at radius 2 is 2.00 bits per heavy atom. The van der Waals surface area contributed by atoms with E-state index in [1.807, 2.05) is 0 Å². The molecule has 1 atom stereocenters. The number of rotatable bonds is 7. The Bertz CT molecular complexity index is 429. The molecule has 0 amide bonds. The highest BCUT2D eigenvalue weighted by Crippen LogP contribution is 2.23. The van der Waals surface area contributed by atoms with Crippen LogP contribution < -0.4 is 4.74 Å². The maximum absolute atomic E-state index is 11.5. The van der Waals surface area contributed by atoms with Gasteiger partial charge in [0.2, 0.25) is 6.54 Å². The average Bonchev–Trinajstić information content (AvgIpc) is 2.38. The van der Waals surface area contributed by atoms with Crippen LogP contribution in [0.15, 0.2) is 24.3 Å². The summed E-state index contributed by atoms with van der Waals surface area (Å²) in [5, 5.41) is 10.7. The lowest BCUT2D eigenvalue weighted by molar-refractivity contribution is -0.483. The number of methoxy groups -OCH3 is 1. The van der Waals surface area contributed by atoms with Gasteiger partial charge >= 0.3 is 5.97 Å². The molecule has 0 aromatic heterocycles. The van der Waals surface area contributed by atoms with Crippen molar-refractivity contribution < 1.29 is 19.2 Å². The SMILES string of the molecule is CCOC(=O)C[C@H](C[N+](=O)[O-])c1ccc(OC)cc1. The van der Waals surface area contributed by atoms with Gasteiger partial charge in [-0.05, 0) is 24.6 Å². The maximum Gasteiger partial charge on any atom is 0.306 e. The summed E-state index contributed by atoms with van der Waals surface area (Å²) in [7, 11) is 1.54. The number of ether oxygens (including phenoxy) is 2. The van der Waals surface area contributed by atoms with E-state index in [-0.39, 0.29) is 19.6 Å². The van der Waals surface area contributed by atoms with Crippen molar-refractivity contribution in [1.82, 2.24) is 0 Å². The molecule has 0 N–H and O–H groups in total. The van der Waals surface area contributed by atoms with Gasteiger partial charge in [0.15, 0.2) is 0 Å². The minimum atomic E-state index is -0.486. The van der Waals surface area contributed by atoms with Gasteiger partial charge in [0.25, 0.3) is 0 Å². The van der Waals surface area contributed by atoms with E-state index < -0.39 is 16.8 Å². The summed E-state index contributed by atoms with van der Waals surface area (Å²) in [5.74, 6) is -0.245. The van der Waals surface area contributed by atoms with Crippen molar-refractivity contribution in [3.63, 3.8) is 0 Å². The smallest absolute Gasteiger partial charge is 0.306 e. The van der Waals surface area contributed by atoms with E-state index in [1.54, 1.807) is 38.3 Å². The molecule has 0 aliphatic rings. The van der Waals surface area contributed by atoms with Gasteiger partial charge in [0.1, 0.15) is 5.75 Å². The molecule has 104 valence electrons. The monoisotopic (exact) mass is 267 g/mol. The van der Waals surface area contributed by atoms with Crippen LogP contribution in [0.1, 0.15) is 24.8 Å². The maximum atomic E-state index is 11.5. The first kappa shape index (κ1) is 14.9. The molecule has 0 saturated carbocycles. The fourth-order valence-electron chi connectivity index (χ4n) is 1.76. The standard InChI is InChI=1S/C13H17NO5/c1-3-19-13(15)8-11(9-14(16)17)10-4-6-12(18-2)7-5-10/h4-7,11H,3,8-9H2,1-2H3/t11-/m1/s1. The Morgan fingerprint density at radius 3 is 2.47 bits per heavy atom. The van der Waals surface area contributed by atoms with E-state index >= 15 is 0 Å². The van der Waals surface area contributed by atoms with Crippen LogP contribution in [0.25, 0.3) is 0 Å². The Hall–Kier alpha value is -2.11. The van der Waals surface area contributed by atoms with E-state index in [0.29, 0.717) is 5.75 Å². The molecule has 1 rings (SSSR count). The lowest BCUT2D eigenvalue weighted by Gasteiger charge is -2.13. The molecule has 19 heavy (non-hydrogen) atoms. The number of nitro groups is 1. The molecule has 0 saturated heterocycles. The summed E-state index contributed by atoms with van der Waals surface area (Å²) in [6.45, 7) is 1.67. The molecule has 0 heterocycles. The van der Waals surface area contributed by atoms with Gasteiger partial charge in [-0.15, -0.1) is 0 Å². The average molecular weight is 267 g/mol. The highest BCUT2D eigenvalue weighted by Gasteiger charge is 2.22. The third kappa shape index (κ3) is 4.95. The number of nitrogens with zero attached hydrogens (tertiary/aromatic N) is 1. The van der Waals surface area contributed by atoms with Crippen molar-refractivity contribution in [2.75, 3.05) is 20.3 Å². The number of benzene rings is 1. The van der Waals surface area contributed by atoms with Crippen LogP contribution in [-0.4, -0.2) is 31.2 Å². The summed E-state index contributed by atoms with van der Waals surface area (Å²) in [4.78, 5) is 21.7. The quantitative estimate of drug-likeness (QED) is 0.429. The topological polar surface area (TPSA) is 78.7 Å². The third-order valence-electron chi connectivity index (χ3n) is 2.68. The summed E-state index contributed by atoms with van der Waals surface area (Å²) in [5.41, 5.74) is 0.727. The van der Waals surface area contributed by atoms with Crippen LogP contribution in [-0.2, 0) is 9.53 Å². The van der Waals surface area contributed by atoms with Gasteiger partial charge in [-0.3, -0.25) is 14.9 Å². The van der Waals surface area contributed by atoms with Crippen LogP contribution in [0, 0.1) is 10.1 Å². The van der Waals surface area contributed by atoms with Gasteiger partial charge < -0.3 is 9.47 Å². The first-order valence-corrected chi connectivity index (χ1v) is 5.98. The first-order chi connectivity index (χ1) is 9.06. The van der Waals surface area contributed by atoms with Gasteiger partial charge in [-0.2, -0.15) is 0 Å². The van der Waals surface area contributed by atoms with Crippen LogP contribution in [0.4, 0.5) is 0 Å². The van der Waals surface area contributed by atoms with E-state index in [0.717, 1.165) is 5.56 Å². The molecule has 0 aliphatic heterocycles. The summed E-state index contributed by atoms with van der Waals surface area (Å²) < 4.78 is 9.86. The third-order valence-corrected chi connectivity index (χ3v) is 2.68. The van der Waals surface area contributed by atoms with Crippen molar-refractivity contribution in [2.45, 2.75) is 19.3 Å². The largest absolute Gasteiger partial charge is 0.497 e. The Labute approximate surface area is 111 Å². The van der Waals surface area contributed by atoms with Gasteiger partial charge in [-0.1, -0.05) is 12.1 Å². The molecule has 1 aromatic carbocycles. The van der Waals surface area contributed by atoms with Crippen molar-refractivity contribution >= 4 is 5.97 Å². The van der Waals surface area contributed by atoms with Crippen LogP contribution in [0.3, 0.4) is 0 Å². The molecule has 0 spiro atoms. The molecule has 0 aliphatic carbocycles. The Kier molecular flexibility index (Phi) is 5.78. The summed E-state index contributed by atoms with van der Waals surface area (Å²) in [6, 6.07) is 6.89. The van der Waals surface area contributed by atoms with E-state index in [2.05, 4.69) is 0 Å². The number of carbonyl (C=O) groups is 1. The highest BCUT2D eigenvalue weighted by molar-refractivity contribution is 5.70. The fourth-order valence-corrected chi connectivity index (χ4v) is 1.76. The molecule has 0 radical (unpaired) electrons. The van der Waals surface area contributed by atoms with Crippen molar-refractivity contribution in [1.29, 1.82) is 0 Å². The highest BCUT2D eigenvalue weighted by atomic mass is 16.6. The predicted molar refractivity (Wildman–Crippen MR) is 68.8 cm³/mol. The number of hydrogen-bond acceptors (Lipinski definition) is 5. The normalized spacial score (nSPS) is 11.7. The number of carbonyl (C=O) groups excluding carboxylic acids is 1. The second-order valence-electron chi connectivity index (χ2n) is 3.99. The molecular formula is C13H17NO5. The Morgan fingerprint density at radius 1 is 1.37 bits per heavy atom. The van der Waals surface area contributed by atoms with E-state index in [4.69, 9.17) is 9.47 Å². The first-order valence-electron chi connectivity index (χ1n) is 5.98. The zero-order valence-corrected chi connectivity index (χ0v) is 11.0. The molecule has 0 bridgehead atoms. The number of hydrogen-bond donors (Lipinski definition) is 0. The summed E-state index contributed by atoms with van der Waals surface area (Å²) in [6.07, 6.45) is 0.00114. The van der Waals surface area contributed by atoms with E-state index in [9.17, 15) is 14.9 Å². The minimum Gasteiger partial charge on any atom is -0.497 e. The van der Waals surface area contributed by atoms with Crippen LogP contribution >= 0.6 is 0 Å². The second-order valence-corrected chi connectivity index (χ2v) is 3.99. The van der Waals surface area contributed by atoms with E-state index in [1.165, 1.54) is 0 Å². The molecule has 6 heteroatoms. The zero-order valence-electron chi connectivity index (χ0n) is 11.0. The molecule has 0 fully saturated rings. The zero-order chi connectivity index (χ0) is 14.3. The van der Waals surface area contributed by atoms with Gasteiger partial charge in [-0.25, -0.2) is 0 Å². The summed E-state index contributed by atoms with van der Waals surface area (Å²) >= 11 is 0. The van der Waals surface area contributed by atoms with Crippen molar-refractivity contribution in [3.05, 3.63) is 39.9 Å². The fraction of sp³-hybridized carbons (Fsp3) is 0.462. The van der Waals surface area contributed by atoms with Crippen LogP contribution in [0.5, 0.6) is 5.75 Å².